The molecule has 0 radical (unpaired) electrons. The van der Waals surface area contributed by atoms with Gasteiger partial charge in [0.05, 0.1) is 0 Å². The zero-order valence-electron chi connectivity index (χ0n) is 5.33. The standard InChI is InChI=1S/C6H3ClIN3/c7-5-10-6(8)9-4-2-1-3-11(4)5/h1-3H. The first-order chi connectivity index (χ1) is 5.27. The summed E-state index contributed by atoms with van der Waals surface area (Å²) in [5.74, 6) is 0. The van der Waals surface area contributed by atoms with Gasteiger partial charge in [0, 0.05) is 28.8 Å². The lowest BCUT2D eigenvalue weighted by atomic mass is 10.6. The Balaban J connectivity index is 2.91. The Kier molecular flexibility index (Phi) is 1.72. The normalized spacial score (nSPS) is 10.7. The molecule has 0 bridgehead atoms. The van der Waals surface area contributed by atoms with Crippen LogP contribution in [0.1, 0.15) is 0 Å². The first kappa shape index (κ1) is 7.30. The molecule has 0 aliphatic rings. The van der Waals surface area contributed by atoms with Gasteiger partial charge in [0.1, 0.15) is 5.65 Å². The molecule has 2 aromatic rings. The molecule has 0 fully saturated rings. The van der Waals surface area contributed by atoms with Crippen molar-refractivity contribution in [2.45, 2.75) is 0 Å². The van der Waals surface area contributed by atoms with Crippen molar-refractivity contribution in [1.29, 1.82) is 0 Å². The van der Waals surface area contributed by atoms with E-state index in [0.717, 1.165) is 5.65 Å². The van der Waals surface area contributed by atoms with Gasteiger partial charge >= 0.3 is 0 Å². The number of aromatic nitrogens is 3. The molecule has 0 N–H and O–H groups in total. The number of fused-ring (bicyclic) bond motifs is 1. The molecule has 2 aromatic heterocycles. The number of halogens is 2. The Morgan fingerprint density at radius 1 is 1.45 bits per heavy atom. The molecular formula is C6H3ClIN3. The fourth-order valence-electron chi connectivity index (χ4n) is 0.869. The lowest BCUT2D eigenvalue weighted by Gasteiger charge is -1.96. The SMILES string of the molecule is Clc1nc(I)nc2cccn12. The number of hydrogen-bond donors (Lipinski definition) is 0. The summed E-state index contributed by atoms with van der Waals surface area (Å²) in [5, 5.41) is 0.449. The van der Waals surface area contributed by atoms with E-state index in [1.54, 1.807) is 4.40 Å². The number of rotatable bonds is 0. The van der Waals surface area contributed by atoms with E-state index in [1.807, 2.05) is 40.9 Å². The van der Waals surface area contributed by atoms with E-state index in [2.05, 4.69) is 9.97 Å². The minimum absolute atomic E-state index is 0.449. The summed E-state index contributed by atoms with van der Waals surface area (Å²) in [5.41, 5.74) is 0.828. The van der Waals surface area contributed by atoms with Gasteiger partial charge in [0.15, 0.2) is 3.83 Å². The van der Waals surface area contributed by atoms with E-state index >= 15 is 0 Å². The van der Waals surface area contributed by atoms with Crippen LogP contribution < -0.4 is 0 Å². The molecule has 0 atom stereocenters. The van der Waals surface area contributed by atoms with Crippen LogP contribution in [0.25, 0.3) is 5.65 Å². The maximum absolute atomic E-state index is 5.81. The maximum Gasteiger partial charge on any atom is 0.210 e. The molecule has 0 aliphatic heterocycles. The predicted molar refractivity (Wildman–Crippen MR) is 50.7 cm³/mol. The van der Waals surface area contributed by atoms with Gasteiger partial charge in [-0.1, -0.05) is 0 Å². The van der Waals surface area contributed by atoms with E-state index in [-0.39, 0.29) is 0 Å². The van der Waals surface area contributed by atoms with Crippen molar-refractivity contribution in [3.63, 3.8) is 0 Å². The third kappa shape index (κ3) is 1.20. The Bertz CT molecular complexity index is 398. The summed E-state index contributed by atoms with van der Waals surface area (Å²) >= 11 is 7.84. The van der Waals surface area contributed by atoms with Gasteiger partial charge in [0.25, 0.3) is 0 Å². The molecule has 0 saturated heterocycles. The average Bonchev–Trinajstić information content (AvgIpc) is 2.34. The molecule has 0 unspecified atom stereocenters. The highest BCUT2D eigenvalue weighted by Crippen LogP contribution is 2.10. The number of nitrogens with zero attached hydrogens (tertiary/aromatic N) is 3. The van der Waals surface area contributed by atoms with Gasteiger partial charge in [-0.2, -0.15) is 4.98 Å². The van der Waals surface area contributed by atoms with Crippen molar-refractivity contribution >= 4 is 39.8 Å². The van der Waals surface area contributed by atoms with Crippen LogP contribution in [0.5, 0.6) is 0 Å². The van der Waals surface area contributed by atoms with E-state index in [0.29, 0.717) is 9.11 Å². The summed E-state index contributed by atoms with van der Waals surface area (Å²) in [6.45, 7) is 0. The molecule has 56 valence electrons. The second-order valence-corrected chi connectivity index (χ2v) is 3.30. The lowest BCUT2D eigenvalue weighted by molar-refractivity contribution is 0.994. The van der Waals surface area contributed by atoms with Crippen LogP contribution in [0.3, 0.4) is 0 Å². The van der Waals surface area contributed by atoms with Gasteiger partial charge in [-0.25, -0.2) is 4.98 Å². The van der Waals surface area contributed by atoms with Crippen LogP contribution in [-0.2, 0) is 0 Å². The molecule has 0 saturated carbocycles. The Labute approximate surface area is 81.6 Å². The van der Waals surface area contributed by atoms with Crippen LogP contribution in [0.2, 0.25) is 5.28 Å². The summed E-state index contributed by atoms with van der Waals surface area (Å²) in [4.78, 5) is 8.13. The highest BCUT2D eigenvalue weighted by atomic mass is 127. The molecule has 3 nitrogen and oxygen atoms in total. The third-order valence-corrected chi connectivity index (χ3v) is 2.07. The predicted octanol–water partition coefficient (Wildman–Crippen LogP) is 1.99. The molecule has 0 aliphatic carbocycles. The van der Waals surface area contributed by atoms with E-state index in [9.17, 15) is 0 Å². The molecule has 0 spiro atoms. The van der Waals surface area contributed by atoms with Gasteiger partial charge in [-0.3, -0.25) is 4.40 Å². The fourth-order valence-corrected chi connectivity index (χ4v) is 1.71. The molecule has 0 aromatic carbocycles. The smallest absolute Gasteiger partial charge is 0.210 e. The lowest BCUT2D eigenvalue weighted by Crippen LogP contribution is -1.95. The zero-order chi connectivity index (χ0) is 7.84. The summed E-state index contributed by atoms with van der Waals surface area (Å²) in [7, 11) is 0. The Hall–Kier alpha value is -0.360. The van der Waals surface area contributed by atoms with Gasteiger partial charge in [-0.15, -0.1) is 0 Å². The first-order valence-corrected chi connectivity index (χ1v) is 4.39. The highest BCUT2D eigenvalue weighted by Gasteiger charge is 2.00. The number of hydrogen-bond acceptors (Lipinski definition) is 2. The van der Waals surface area contributed by atoms with E-state index < -0.39 is 0 Å². The Morgan fingerprint density at radius 2 is 2.27 bits per heavy atom. The average molecular weight is 279 g/mol. The topological polar surface area (TPSA) is 30.2 Å². The molecule has 5 heteroatoms. The molecular weight excluding hydrogens is 276 g/mol. The first-order valence-electron chi connectivity index (χ1n) is 2.93. The molecule has 0 amide bonds. The van der Waals surface area contributed by atoms with Gasteiger partial charge in [-0.05, 0) is 23.7 Å². The quantitative estimate of drug-likeness (QED) is 0.690. The maximum atomic E-state index is 5.81. The molecule has 11 heavy (non-hydrogen) atoms. The van der Waals surface area contributed by atoms with Gasteiger partial charge in [0.2, 0.25) is 5.28 Å². The summed E-state index contributed by atoms with van der Waals surface area (Å²) < 4.78 is 2.39. The molecule has 2 rings (SSSR count). The second-order valence-electron chi connectivity index (χ2n) is 2.00. The minimum Gasteiger partial charge on any atom is -0.276 e. The van der Waals surface area contributed by atoms with Crippen LogP contribution in [-0.4, -0.2) is 14.4 Å². The van der Waals surface area contributed by atoms with Crippen molar-refractivity contribution in [2.24, 2.45) is 0 Å². The van der Waals surface area contributed by atoms with Crippen LogP contribution in [0, 0.1) is 3.83 Å². The monoisotopic (exact) mass is 279 g/mol. The Morgan fingerprint density at radius 3 is 3.09 bits per heavy atom. The van der Waals surface area contributed by atoms with Crippen LogP contribution in [0.4, 0.5) is 0 Å². The van der Waals surface area contributed by atoms with E-state index in [4.69, 9.17) is 11.6 Å². The zero-order valence-corrected chi connectivity index (χ0v) is 8.24. The van der Waals surface area contributed by atoms with E-state index in [1.165, 1.54) is 0 Å². The van der Waals surface area contributed by atoms with Gasteiger partial charge < -0.3 is 0 Å². The largest absolute Gasteiger partial charge is 0.276 e. The summed E-state index contributed by atoms with van der Waals surface area (Å²) in [6, 6.07) is 3.77. The fraction of sp³-hybridized carbons (Fsp3) is 0. The molecule has 2 heterocycles. The van der Waals surface area contributed by atoms with Crippen LogP contribution >= 0.6 is 34.2 Å². The summed E-state index contributed by atoms with van der Waals surface area (Å²) in [6.07, 6.45) is 1.83. The van der Waals surface area contributed by atoms with Crippen molar-refractivity contribution in [3.8, 4) is 0 Å². The van der Waals surface area contributed by atoms with Crippen molar-refractivity contribution < 1.29 is 0 Å². The third-order valence-electron chi connectivity index (χ3n) is 1.32. The van der Waals surface area contributed by atoms with Crippen molar-refractivity contribution in [2.75, 3.05) is 0 Å². The second kappa shape index (κ2) is 2.60. The van der Waals surface area contributed by atoms with Crippen molar-refractivity contribution in [3.05, 3.63) is 27.4 Å². The van der Waals surface area contributed by atoms with Crippen LogP contribution in [0.15, 0.2) is 18.3 Å². The van der Waals surface area contributed by atoms with Crippen molar-refractivity contribution in [1.82, 2.24) is 14.4 Å². The highest BCUT2D eigenvalue weighted by molar-refractivity contribution is 14.1. The minimum atomic E-state index is 0.449.